The number of nitrogens with zero attached hydrogens (tertiary/aromatic N) is 2. The van der Waals surface area contributed by atoms with Crippen LogP contribution in [-0.4, -0.2) is 47.1 Å². The molecule has 3 rings (SSSR count). The van der Waals surface area contributed by atoms with Crippen LogP contribution in [0.3, 0.4) is 0 Å². The lowest BCUT2D eigenvalue weighted by Gasteiger charge is -2.18. The van der Waals surface area contributed by atoms with Crippen molar-refractivity contribution in [3.05, 3.63) is 30.1 Å². The predicted octanol–water partition coefficient (Wildman–Crippen LogP) is 1.67. The number of hydrogen-bond donors (Lipinski definition) is 2. The summed E-state index contributed by atoms with van der Waals surface area (Å²) in [5.41, 5.74) is 1.36. The molecular formula is C15H23N3O2. The van der Waals surface area contributed by atoms with E-state index in [1.807, 2.05) is 18.5 Å². The molecule has 3 heterocycles. The highest BCUT2D eigenvalue weighted by Gasteiger charge is 2.22. The molecular weight excluding hydrogens is 254 g/mol. The van der Waals surface area contributed by atoms with Gasteiger partial charge in [-0.3, -0.25) is 14.7 Å². The van der Waals surface area contributed by atoms with E-state index in [2.05, 4.69) is 28.3 Å². The van der Waals surface area contributed by atoms with Crippen LogP contribution in [0.1, 0.15) is 37.3 Å². The Morgan fingerprint density at radius 1 is 1.45 bits per heavy atom. The number of carboxylic acids is 1. The van der Waals surface area contributed by atoms with Crippen LogP contribution >= 0.6 is 0 Å². The normalized spacial score (nSPS) is 26.1. The Labute approximate surface area is 120 Å². The van der Waals surface area contributed by atoms with Crippen LogP contribution < -0.4 is 5.32 Å². The van der Waals surface area contributed by atoms with E-state index in [9.17, 15) is 4.79 Å². The molecule has 20 heavy (non-hydrogen) atoms. The molecule has 2 N–H and O–H groups in total. The molecule has 0 bridgehead atoms. The second-order valence-corrected chi connectivity index (χ2v) is 5.41. The number of pyridine rings is 1. The first kappa shape index (κ1) is 14.9. The van der Waals surface area contributed by atoms with Crippen molar-refractivity contribution in [3.8, 4) is 0 Å². The summed E-state index contributed by atoms with van der Waals surface area (Å²) in [5, 5.41) is 11.2. The van der Waals surface area contributed by atoms with Gasteiger partial charge in [-0.05, 0) is 57.5 Å². The van der Waals surface area contributed by atoms with Gasteiger partial charge < -0.3 is 10.4 Å². The van der Waals surface area contributed by atoms with Gasteiger partial charge in [0.2, 0.25) is 0 Å². The van der Waals surface area contributed by atoms with E-state index < -0.39 is 5.97 Å². The Balaban J connectivity index is 0.000000160. The first-order chi connectivity index (χ1) is 9.68. The second-order valence-electron chi connectivity index (χ2n) is 5.41. The second kappa shape index (κ2) is 7.36. The Morgan fingerprint density at radius 2 is 2.30 bits per heavy atom. The largest absolute Gasteiger partial charge is 0.480 e. The van der Waals surface area contributed by atoms with E-state index >= 15 is 0 Å². The fourth-order valence-electron chi connectivity index (χ4n) is 2.80. The molecule has 2 aliphatic rings. The van der Waals surface area contributed by atoms with Crippen molar-refractivity contribution in [2.24, 2.45) is 0 Å². The first-order valence-corrected chi connectivity index (χ1v) is 7.25. The van der Waals surface area contributed by atoms with Crippen molar-refractivity contribution in [1.82, 2.24) is 15.2 Å². The predicted molar refractivity (Wildman–Crippen MR) is 77.5 cm³/mol. The Morgan fingerprint density at radius 3 is 2.75 bits per heavy atom. The number of carboxylic acid groups (broad SMARTS) is 1. The Kier molecular flexibility index (Phi) is 5.49. The van der Waals surface area contributed by atoms with Crippen molar-refractivity contribution in [3.63, 3.8) is 0 Å². The number of hydrogen-bond acceptors (Lipinski definition) is 4. The average molecular weight is 277 g/mol. The van der Waals surface area contributed by atoms with Crippen molar-refractivity contribution in [1.29, 1.82) is 0 Å². The summed E-state index contributed by atoms with van der Waals surface area (Å²) in [7, 11) is 2.19. The summed E-state index contributed by atoms with van der Waals surface area (Å²) in [4.78, 5) is 16.7. The van der Waals surface area contributed by atoms with E-state index in [4.69, 9.17) is 5.11 Å². The Hall–Kier alpha value is -1.46. The minimum absolute atomic E-state index is 0.269. The SMILES string of the molecule is CN1CCCC1c1cccnc1.O=C(O)[C@@H]1CCCN1. The van der Waals surface area contributed by atoms with Crippen LogP contribution in [-0.2, 0) is 4.79 Å². The minimum atomic E-state index is -0.720. The fourth-order valence-corrected chi connectivity index (χ4v) is 2.80. The summed E-state index contributed by atoms with van der Waals surface area (Å²) >= 11 is 0. The van der Waals surface area contributed by atoms with Gasteiger partial charge in [-0.25, -0.2) is 0 Å². The third kappa shape index (κ3) is 4.02. The molecule has 2 fully saturated rings. The Bertz CT molecular complexity index is 418. The third-order valence-corrected chi connectivity index (χ3v) is 3.95. The maximum absolute atomic E-state index is 10.1. The highest BCUT2D eigenvalue weighted by molar-refractivity contribution is 5.73. The van der Waals surface area contributed by atoms with E-state index in [0.717, 1.165) is 19.4 Å². The molecule has 110 valence electrons. The van der Waals surface area contributed by atoms with Gasteiger partial charge in [0.25, 0.3) is 0 Å². The number of aromatic nitrogens is 1. The van der Waals surface area contributed by atoms with E-state index in [0.29, 0.717) is 6.04 Å². The zero-order chi connectivity index (χ0) is 14.4. The van der Waals surface area contributed by atoms with Crippen LogP contribution in [0.4, 0.5) is 0 Å². The highest BCUT2D eigenvalue weighted by Crippen LogP contribution is 2.29. The average Bonchev–Trinajstić information content (AvgIpc) is 3.11. The van der Waals surface area contributed by atoms with Gasteiger partial charge in [0.05, 0.1) is 0 Å². The lowest BCUT2D eigenvalue weighted by Crippen LogP contribution is -2.29. The van der Waals surface area contributed by atoms with Gasteiger partial charge in [-0.15, -0.1) is 0 Å². The molecule has 0 aromatic carbocycles. The molecule has 5 nitrogen and oxygen atoms in total. The standard InChI is InChI=1S/C10H14N2.C5H9NO2/c1-12-7-3-5-10(12)9-4-2-6-11-8-9;7-5(8)4-2-1-3-6-4/h2,4,6,8,10H,3,5,7H2,1H3;4,6H,1-3H2,(H,7,8)/t;4-/m.0/s1. The molecule has 0 saturated carbocycles. The van der Waals surface area contributed by atoms with Crippen LogP contribution in [0.2, 0.25) is 0 Å². The van der Waals surface area contributed by atoms with Gasteiger partial charge in [0, 0.05) is 18.4 Å². The maximum atomic E-state index is 10.1. The van der Waals surface area contributed by atoms with Crippen LogP contribution in [0, 0.1) is 0 Å². The van der Waals surface area contributed by atoms with E-state index in [1.165, 1.54) is 24.9 Å². The van der Waals surface area contributed by atoms with Crippen LogP contribution in [0.25, 0.3) is 0 Å². The molecule has 0 radical (unpaired) electrons. The number of aliphatic carboxylic acids is 1. The zero-order valence-electron chi connectivity index (χ0n) is 12.0. The van der Waals surface area contributed by atoms with Gasteiger partial charge in [-0.1, -0.05) is 6.07 Å². The maximum Gasteiger partial charge on any atom is 0.320 e. The van der Waals surface area contributed by atoms with Crippen LogP contribution in [0.5, 0.6) is 0 Å². The smallest absolute Gasteiger partial charge is 0.320 e. The fraction of sp³-hybridized carbons (Fsp3) is 0.600. The molecule has 1 aromatic rings. The van der Waals surface area contributed by atoms with E-state index in [-0.39, 0.29) is 6.04 Å². The molecule has 0 spiro atoms. The molecule has 1 aromatic heterocycles. The number of likely N-dealkylation sites (tertiary alicyclic amines) is 1. The van der Waals surface area contributed by atoms with E-state index in [1.54, 1.807) is 0 Å². The summed E-state index contributed by atoms with van der Waals surface area (Å²) in [6.45, 7) is 2.08. The lowest BCUT2D eigenvalue weighted by molar-refractivity contribution is -0.139. The van der Waals surface area contributed by atoms with Crippen molar-refractivity contribution >= 4 is 5.97 Å². The monoisotopic (exact) mass is 277 g/mol. The quantitative estimate of drug-likeness (QED) is 0.861. The van der Waals surface area contributed by atoms with Gasteiger partial charge in [-0.2, -0.15) is 0 Å². The zero-order valence-corrected chi connectivity index (χ0v) is 12.0. The highest BCUT2D eigenvalue weighted by atomic mass is 16.4. The molecule has 2 saturated heterocycles. The third-order valence-electron chi connectivity index (χ3n) is 3.95. The molecule has 2 aliphatic heterocycles. The number of rotatable bonds is 2. The molecule has 0 amide bonds. The topological polar surface area (TPSA) is 65.5 Å². The molecule has 2 atom stereocenters. The van der Waals surface area contributed by atoms with Gasteiger partial charge >= 0.3 is 5.97 Å². The number of nitrogens with one attached hydrogen (secondary N) is 1. The summed E-state index contributed by atoms with van der Waals surface area (Å²) < 4.78 is 0. The van der Waals surface area contributed by atoms with Crippen LogP contribution in [0.15, 0.2) is 24.5 Å². The first-order valence-electron chi connectivity index (χ1n) is 7.25. The number of carbonyl (C=O) groups is 1. The van der Waals surface area contributed by atoms with Crippen molar-refractivity contribution in [2.75, 3.05) is 20.1 Å². The molecule has 0 aliphatic carbocycles. The minimum Gasteiger partial charge on any atom is -0.480 e. The van der Waals surface area contributed by atoms with Crippen molar-refractivity contribution < 1.29 is 9.90 Å². The summed E-state index contributed by atoms with van der Waals surface area (Å²) in [6.07, 6.45) is 8.19. The molecule has 5 heteroatoms. The van der Waals surface area contributed by atoms with Gasteiger partial charge in [0.15, 0.2) is 0 Å². The summed E-state index contributed by atoms with van der Waals surface area (Å²) in [5.74, 6) is -0.720. The lowest BCUT2D eigenvalue weighted by atomic mass is 10.1. The summed E-state index contributed by atoms with van der Waals surface area (Å²) in [6, 6.07) is 4.52. The van der Waals surface area contributed by atoms with Crippen molar-refractivity contribution in [2.45, 2.75) is 37.8 Å². The molecule has 1 unspecified atom stereocenters. The van der Waals surface area contributed by atoms with Gasteiger partial charge in [0.1, 0.15) is 6.04 Å².